The Balaban J connectivity index is 0.000000243. The van der Waals surface area contributed by atoms with Crippen LogP contribution in [0.2, 0.25) is 51.4 Å². The number of halogens is 1. The number of ether oxygens (including phenoxy) is 2. The smallest absolute Gasteiger partial charge is 0.291 e. The van der Waals surface area contributed by atoms with Crippen LogP contribution in [-0.4, -0.2) is 95.6 Å². The van der Waals surface area contributed by atoms with E-state index in [1.54, 1.807) is 21.3 Å². The number of benzene rings is 4. The van der Waals surface area contributed by atoms with Crippen molar-refractivity contribution in [2.45, 2.75) is 195 Å². The lowest BCUT2D eigenvalue weighted by Crippen LogP contribution is -2.47. The molecule has 0 saturated heterocycles. The molecule has 17 nitrogen and oxygen atoms in total. The van der Waals surface area contributed by atoms with Crippen molar-refractivity contribution in [3.05, 3.63) is 187 Å². The molecular weight excluding hydrogens is 1260 g/mol. The zero-order valence-corrected chi connectivity index (χ0v) is 61.5. The molecule has 4 aromatic carbocycles. The number of rotatable bonds is 25. The number of hydrogen-bond acceptors (Lipinski definition) is 11. The van der Waals surface area contributed by atoms with Gasteiger partial charge in [-0.15, -0.1) is 12.4 Å². The summed E-state index contributed by atoms with van der Waals surface area (Å²) in [6, 6.07) is 36.4. The van der Waals surface area contributed by atoms with Crippen molar-refractivity contribution in [2.75, 3.05) is 23.8 Å². The van der Waals surface area contributed by atoms with Crippen molar-refractivity contribution in [1.82, 2.24) is 33.9 Å². The van der Waals surface area contributed by atoms with Crippen LogP contribution in [0, 0.1) is 27.7 Å². The van der Waals surface area contributed by atoms with Crippen molar-refractivity contribution in [1.29, 1.82) is 0 Å². The van der Waals surface area contributed by atoms with Crippen LogP contribution in [0.5, 0.6) is 0 Å². The average molecular weight is 1360 g/mol. The number of aryl methyl sites for hydroxylation is 4. The van der Waals surface area contributed by atoms with Crippen LogP contribution in [0.1, 0.15) is 122 Å². The molecule has 0 fully saturated rings. The largest absolute Gasteiger partial charge is 0.360 e. The summed E-state index contributed by atoms with van der Waals surface area (Å²) in [4.78, 5) is 63.6. The van der Waals surface area contributed by atoms with E-state index < -0.39 is 28.2 Å². The fraction of sp³-hybridized carbons (Fsp3) is 0.427. The number of fused-ring (bicyclic) bond motifs is 2. The standard InChI is InChI=1S/C38H49BN5O4Si.C37H49N5O3Si.ClH/c1-25(2)43-22-31(15-18-35(43)46)30-12-11-28-9-8-10-33(34(28)21-30)37(41-39-23-45)38(47)40-32-16-13-29(14-17-32)36-26(3)42-44(27(36)4)24-48-19-20-49(5,6)7;1-24(2)41-22-30(15-18-34(41)43)29-12-11-27-9-8-10-32(33(27)21-29)36(38)37(44)39-31-16-13-28(14-17-31)35-25(3)40-42(26(35)4)23-45-19-20-46(5,6)7;/h11-18,21-23,25,33,37,41H,8-10,19-20,24H2,1-7H3,(H,40,47);11-18,21-22,24,32,36H,8-10,19-20,23,38H2,1-7H3,(H,39,44);1H/t33-,37+;32-,36+;/m11./s1. The summed E-state index contributed by atoms with van der Waals surface area (Å²) in [5.41, 5.74) is 24.8. The van der Waals surface area contributed by atoms with Gasteiger partial charge in [0.15, 0.2) is 0 Å². The fourth-order valence-electron chi connectivity index (χ4n) is 13.0. The molecule has 2 aliphatic rings. The molecule has 0 unspecified atom stereocenters. The molecule has 4 heterocycles. The van der Waals surface area contributed by atoms with Gasteiger partial charge in [0.05, 0.1) is 29.7 Å². The van der Waals surface area contributed by atoms with Gasteiger partial charge in [0.1, 0.15) is 13.5 Å². The van der Waals surface area contributed by atoms with Gasteiger partial charge in [0.2, 0.25) is 11.8 Å². The molecule has 21 heteroatoms. The number of nitrogens with one attached hydrogen (secondary N) is 3. The first-order chi connectivity index (χ1) is 45.2. The lowest BCUT2D eigenvalue weighted by Gasteiger charge is -2.32. The molecule has 0 spiro atoms. The van der Waals surface area contributed by atoms with Crippen LogP contribution in [0.3, 0.4) is 0 Å². The van der Waals surface area contributed by atoms with Gasteiger partial charge >= 0.3 is 0 Å². The Bertz CT molecular complexity index is 4130. The van der Waals surface area contributed by atoms with E-state index >= 15 is 0 Å². The van der Waals surface area contributed by atoms with Gasteiger partial charge in [-0.2, -0.15) is 10.2 Å². The third-order valence-electron chi connectivity index (χ3n) is 18.5. The van der Waals surface area contributed by atoms with Gasteiger partial charge in [0, 0.05) is 112 Å². The predicted octanol–water partition coefficient (Wildman–Crippen LogP) is 14.4. The van der Waals surface area contributed by atoms with Crippen molar-refractivity contribution in [3.63, 3.8) is 0 Å². The Kier molecular flexibility index (Phi) is 25.3. The molecule has 96 heavy (non-hydrogen) atoms. The highest BCUT2D eigenvalue weighted by molar-refractivity contribution is 6.76. The number of amides is 2. The van der Waals surface area contributed by atoms with E-state index in [9.17, 15) is 24.0 Å². The maximum absolute atomic E-state index is 13.9. The van der Waals surface area contributed by atoms with E-state index in [2.05, 4.69) is 105 Å². The minimum Gasteiger partial charge on any atom is -0.360 e. The molecular formula is C75H99BClN10O7Si2. The Morgan fingerprint density at radius 2 is 0.979 bits per heavy atom. The lowest BCUT2D eigenvalue weighted by molar-refractivity contribution is -0.119. The van der Waals surface area contributed by atoms with Crippen LogP contribution < -0.4 is 32.7 Å². The van der Waals surface area contributed by atoms with Crippen molar-refractivity contribution < 1.29 is 23.9 Å². The van der Waals surface area contributed by atoms with Gasteiger partial charge in [-0.25, -0.2) is 9.36 Å². The van der Waals surface area contributed by atoms with Crippen LogP contribution in [0.4, 0.5) is 11.4 Å². The van der Waals surface area contributed by atoms with Crippen LogP contribution in [-0.2, 0) is 50.2 Å². The molecule has 1 radical (unpaired) electrons. The molecule has 2 amide bonds. The molecule has 509 valence electrons. The molecule has 5 N–H and O–H groups in total. The van der Waals surface area contributed by atoms with Crippen molar-refractivity contribution in [3.8, 4) is 44.5 Å². The van der Waals surface area contributed by atoms with Crippen LogP contribution >= 0.6 is 12.4 Å². The number of carbonyl (C=O) groups excluding carboxylic acids is 3. The van der Waals surface area contributed by atoms with E-state index in [-0.39, 0.29) is 59.3 Å². The maximum Gasteiger partial charge on any atom is 0.291 e. The number of anilines is 2. The second-order valence-corrected chi connectivity index (χ2v) is 40.0. The Labute approximate surface area is 576 Å². The third kappa shape index (κ3) is 18.5. The van der Waals surface area contributed by atoms with Gasteiger partial charge in [-0.1, -0.05) is 99.9 Å². The molecule has 0 saturated carbocycles. The van der Waals surface area contributed by atoms with Gasteiger partial charge in [0.25, 0.3) is 18.5 Å². The van der Waals surface area contributed by atoms with E-state index in [1.165, 1.54) is 18.5 Å². The zero-order valence-electron chi connectivity index (χ0n) is 58.7. The monoisotopic (exact) mass is 1350 g/mol. The Morgan fingerprint density at radius 3 is 1.40 bits per heavy atom. The van der Waals surface area contributed by atoms with Gasteiger partial charge in [-0.3, -0.25) is 19.2 Å². The summed E-state index contributed by atoms with van der Waals surface area (Å²) in [5, 5.41) is 18.7. The highest BCUT2D eigenvalue weighted by atomic mass is 35.5. The highest BCUT2D eigenvalue weighted by Gasteiger charge is 2.34. The summed E-state index contributed by atoms with van der Waals surface area (Å²) < 4.78 is 19.2. The molecule has 0 aliphatic heterocycles. The van der Waals surface area contributed by atoms with Crippen molar-refractivity contribution in [2.24, 2.45) is 5.73 Å². The normalized spacial score (nSPS) is 15.2. The second kappa shape index (κ2) is 32.7. The van der Waals surface area contributed by atoms with Crippen molar-refractivity contribution >= 4 is 65.3 Å². The summed E-state index contributed by atoms with van der Waals surface area (Å²) in [6.07, 6.45) is 9.94. The number of nitrogens with zero attached hydrogens (tertiary/aromatic N) is 6. The van der Waals surface area contributed by atoms with E-state index in [0.717, 1.165) is 142 Å². The zero-order chi connectivity index (χ0) is 68.5. The summed E-state index contributed by atoms with van der Waals surface area (Å²) >= 11 is 0. The van der Waals surface area contributed by atoms with Gasteiger partial charge in [-0.05, 0) is 198 Å². The molecule has 4 atom stereocenters. The molecule has 0 bridgehead atoms. The average Bonchev–Trinajstić information content (AvgIpc) is 1.26. The summed E-state index contributed by atoms with van der Waals surface area (Å²) in [5.74, 6) is -0.652. The Morgan fingerprint density at radius 1 is 0.583 bits per heavy atom. The third-order valence-corrected chi connectivity index (χ3v) is 21.9. The SMILES string of the molecule is Cc1nn(COCC[Si](C)(C)C)c(C)c1-c1ccc(NC(=O)[C@@H](N)[C@@H]2CCCc3ccc(-c4ccc(=O)n(C(C)C)c4)cc32)cc1.Cc1nn(COCC[Si](C)(C)C)c(C)c1-c1ccc(NC(=O)[C@@H](N[B]C=O)[C@@H]2CCCc3ccc(-c4ccc(=O)n(C(C)C)c4)cc32)cc1.Cl. The summed E-state index contributed by atoms with van der Waals surface area (Å²) in [7, 11) is -0.995. The topological polar surface area (TPSA) is 211 Å². The minimum atomic E-state index is -1.16. The fourth-order valence-corrected chi connectivity index (χ4v) is 14.5. The molecule has 8 aromatic rings. The lowest BCUT2D eigenvalue weighted by atomic mass is 9.76. The molecule has 10 rings (SSSR count). The first-order valence-electron chi connectivity index (χ1n) is 33.7. The van der Waals surface area contributed by atoms with E-state index in [1.807, 2.05) is 124 Å². The summed E-state index contributed by atoms with van der Waals surface area (Å²) in [6.45, 7) is 32.6. The number of aromatic nitrogens is 6. The quantitative estimate of drug-likeness (QED) is 0.0240. The number of nitrogens with two attached hydrogens (primary N) is 1. The van der Waals surface area contributed by atoms with E-state index in [0.29, 0.717) is 31.0 Å². The maximum atomic E-state index is 13.9. The highest BCUT2D eigenvalue weighted by Crippen LogP contribution is 2.40. The second-order valence-electron chi connectivity index (χ2n) is 28.7. The number of carbonyl (C=O) groups is 3. The molecule has 4 aromatic heterocycles. The van der Waals surface area contributed by atoms with Gasteiger partial charge < -0.3 is 45.0 Å². The minimum absolute atomic E-state index is 0. The number of pyridine rings is 2. The number of hydrogen-bond donors (Lipinski definition) is 4. The first-order valence-corrected chi connectivity index (χ1v) is 41.2. The van der Waals surface area contributed by atoms with Crippen LogP contribution in [0.25, 0.3) is 44.5 Å². The Hall–Kier alpha value is -7.56. The van der Waals surface area contributed by atoms with E-state index in [4.69, 9.17) is 25.4 Å². The van der Waals surface area contributed by atoms with Crippen LogP contribution in [0.15, 0.2) is 131 Å². The first kappa shape index (κ1) is 74.2. The molecule has 2 aliphatic carbocycles. The predicted molar refractivity (Wildman–Crippen MR) is 399 cm³/mol.